The molecule has 2 heterocycles. The van der Waals surface area contributed by atoms with Crippen molar-refractivity contribution >= 4 is 21.7 Å². The van der Waals surface area contributed by atoms with E-state index in [1.165, 1.54) is 0 Å². The Hall–Kier alpha value is -1.37. The largest absolute Gasteiger partial charge is 0.381 e. The van der Waals surface area contributed by atoms with E-state index in [1.54, 1.807) is 28.8 Å². The molecule has 0 radical (unpaired) electrons. The molecule has 0 bridgehead atoms. The van der Waals surface area contributed by atoms with Crippen LogP contribution in [0.3, 0.4) is 0 Å². The molecular weight excluding hydrogens is 236 g/mol. The first kappa shape index (κ1) is 8.24. The van der Waals surface area contributed by atoms with Crippen LogP contribution >= 0.6 is 15.9 Å². The topological polar surface area (TPSA) is 74.5 Å². The molecule has 7 heteroatoms. The summed E-state index contributed by atoms with van der Waals surface area (Å²) in [6.45, 7) is 0. The zero-order valence-electron chi connectivity index (χ0n) is 6.85. The lowest BCUT2D eigenvalue weighted by Gasteiger charge is -1.97. The predicted molar refractivity (Wildman–Crippen MR) is 50.2 cm³/mol. The summed E-state index contributed by atoms with van der Waals surface area (Å²) in [5.41, 5.74) is 5.57. The lowest BCUT2D eigenvalue weighted by atomic mass is 10.6. The Bertz CT molecular complexity index is 411. The highest BCUT2D eigenvalue weighted by Crippen LogP contribution is 2.18. The molecule has 0 aliphatic rings. The van der Waals surface area contributed by atoms with Crippen molar-refractivity contribution in [2.45, 2.75) is 0 Å². The summed E-state index contributed by atoms with van der Waals surface area (Å²) in [7, 11) is 1.79. The summed E-state index contributed by atoms with van der Waals surface area (Å²) < 4.78 is 3.98. The van der Waals surface area contributed by atoms with E-state index in [4.69, 9.17) is 5.73 Å². The average Bonchev–Trinajstić information content (AvgIpc) is 2.60. The van der Waals surface area contributed by atoms with Gasteiger partial charge in [-0.3, -0.25) is 0 Å². The molecule has 13 heavy (non-hydrogen) atoms. The zero-order chi connectivity index (χ0) is 9.42. The van der Waals surface area contributed by atoms with E-state index in [1.807, 2.05) is 0 Å². The monoisotopic (exact) mass is 242 g/mol. The standard InChI is InChI=1S/C6H7BrN6/c1-12-5(2-9-11-12)13-3-4(7)6(8)10-13/h2-3H,1H3,(H2,8,10). The Kier molecular flexibility index (Phi) is 1.80. The molecular formula is C6H7BrN6. The first-order chi connectivity index (χ1) is 6.18. The van der Waals surface area contributed by atoms with E-state index in [9.17, 15) is 0 Å². The second-order valence-electron chi connectivity index (χ2n) is 2.52. The highest BCUT2D eigenvalue weighted by Gasteiger charge is 2.07. The highest BCUT2D eigenvalue weighted by atomic mass is 79.9. The fraction of sp³-hybridized carbons (Fsp3) is 0.167. The van der Waals surface area contributed by atoms with Crippen molar-refractivity contribution in [1.29, 1.82) is 0 Å². The van der Waals surface area contributed by atoms with Gasteiger partial charge < -0.3 is 5.73 Å². The number of nitrogens with zero attached hydrogens (tertiary/aromatic N) is 5. The Balaban J connectivity index is 2.53. The van der Waals surface area contributed by atoms with Crippen molar-refractivity contribution in [2.24, 2.45) is 7.05 Å². The van der Waals surface area contributed by atoms with Crippen LogP contribution in [0, 0.1) is 0 Å². The van der Waals surface area contributed by atoms with Crippen LogP contribution in [0.5, 0.6) is 0 Å². The number of anilines is 1. The van der Waals surface area contributed by atoms with Gasteiger partial charge in [-0.1, -0.05) is 5.21 Å². The van der Waals surface area contributed by atoms with Crippen LogP contribution in [-0.4, -0.2) is 24.8 Å². The number of nitrogens with two attached hydrogens (primary N) is 1. The molecule has 6 nitrogen and oxygen atoms in total. The Morgan fingerprint density at radius 3 is 2.77 bits per heavy atom. The maximum Gasteiger partial charge on any atom is 0.171 e. The average molecular weight is 243 g/mol. The van der Waals surface area contributed by atoms with E-state index in [0.29, 0.717) is 5.82 Å². The van der Waals surface area contributed by atoms with Gasteiger partial charge in [-0.2, -0.15) is 0 Å². The van der Waals surface area contributed by atoms with Gasteiger partial charge in [0, 0.05) is 13.2 Å². The molecule has 0 atom stereocenters. The molecule has 0 spiro atoms. The van der Waals surface area contributed by atoms with Crippen molar-refractivity contribution in [3.63, 3.8) is 0 Å². The van der Waals surface area contributed by atoms with Crippen molar-refractivity contribution in [3.05, 3.63) is 16.9 Å². The third-order valence-electron chi connectivity index (χ3n) is 1.62. The lowest BCUT2D eigenvalue weighted by molar-refractivity contribution is 0.673. The van der Waals surface area contributed by atoms with Crippen LogP contribution in [0.2, 0.25) is 0 Å². The van der Waals surface area contributed by atoms with Gasteiger partial charge in [0.1, 0.15) is 0 Å². The fourth-order valence-corrected chi connectivity index (χ4v) is 1.25. The summed E-state index contributed by atoms with van der Waals surface area (Å²) in [5.74, 6) is 1.21. The quantitative estimate of drug-likeness (QED) is 0.783. The van der Waals surface area contributed by atoms with Crippen LogP contribution in [0.4, 0.5) is 5.82 Å². The Morgan fingerprint density at radius 1 is 1.54 bits per heavy atom. The number of hydrogen-bond acceptors (Lipinski definition) is 4. The molecule has 0 fully saturated rings. The maximum absolute atomic E-state index is 5.57. The van der Waals surface area contributed by atoms with Gasteiger partial charge in [-0.15, -0.1) is 10.2 Å². The zero-order valence-corrected chi connectivity index (χ0v) is 8.43. The normalized spacial score (nSPS) is 10.6. The first-order valence-corrected chi connectivity index (χ1v) is 4.33. The SMILES string of the molecule is Cn1nncc1-n1cc(Br)c(N)n1. The van der Waals surface area contributed by atoms with Gasteiger partial charge in [0.15, 0.2) is 11.6 Å². The fourth-order valence-electron chi connectivity index (χ4n) is 0.975. The number of aromatic nitrogens is 5. The summed E-state index contributed by atoms with van der Waals surface area (Å²) in [6.07, 6.45) is 3.37. The van der Waals surface area contributed by atoms with E-state index < -0.39 is 0 Å². The molecule has 0 saturated heterocycles. The minimum absolute atomic E-state index is 0.446. The van der Waals surface area contributed by atoms with Gasteiger partial charge >= 0.3 is 0 Å². The number of aryl methyl sites for hydroxylation is 1. The third-order valence-corrected chi connectivity index (χ3v) is 2.23. The Morgan fingerprint density at radius 2 is 2.31 bits per heavy atom. The van der Waals surface area contributed by atoms with Crippen molar-refractivity contribution in [3.8, 4) is 5.82 Å². The second kappa shape index (κ2) is 2.84. The molecule has 68 valence electrons. The van der Waals surface area contributed by atoms with Crippen molar-refractivity contribution in [2.75, 3.05) is 5.73 Å². The minimum atomic E-state index is 0.446. The second-order valence-corrected chi connectivity index (χ2v) is 3.38. The van der Waals surface area contributed by atoms with Gasteiger partial charge in [0.05, 0.1) is 10.7 Å². The number of rotatable bonds is 1. The van der Waals surface area contributed by atoms with Crippen LogP contribution < -0.4 is 5.73 Å². The van der Waals surface area contributed by atoms with E-state index in [-0.39, 0.29) is 0 Å². The third kappa shape index (κ3) is 1.31. The minimum Gasteiger partial charge on any atom is -0.381 e. The predicted octanol–water partition coefficient (Wildman–Crippen LogP) is 0.346. The van der Waals surface area contributed by atoms with Crippen LogP contribution in [0.25, 0.3) is 5.82 Å². The maximum atomic E-state index is 5.57. The van der Waals surface area contributed by atoms with Crippen molar-refractivity contribution < 1.29 is 0 Å². The van der Waals surface area contributed by atoms with Crippen molar-refractivity contribution in [1.82, 2.24) is 24.8 Å². The van der Waals surface area contributed by atoms with Gasteiger partial charge in [-0.05, 0) is 15.9 Å². The Labute approximate surface area is 82.5 Å². The van der Waals surface area contributed by atoms with E-state index in [2.05, 4.69) is 31.3 Å². The van der Waals surface area contributed by atoms with Gasteiger partial charge in [0.25, 0.3) is 0 Å². The molecule has 0 aliphatic carbocycles. The summed E-state index contributed by atoms with van der Waals surface area (Å²) >= 11 is 3.27. The summed E-state index contributed by atoms with van der Waals surface area (Å²) in [4.78, 5) is 0. The van der Waals surface area contributed by atoms with Gasteiger partial charge in [-0.25, -0.2) is 9.36 Å². The van der Waals surface area contributed by atoms with Crippen LogP contribution in [0.1, 0.15) is 0 Å². The molecule has 2 aromatic heterocycles. The first-order valence-electron chi connectivity index (χ1n) is 3.54. The molecule has 2 aromatic rings. The molecule has 0 aromatic carbocycles. The molecule has 0 aliphatic heterocycles. The van der Waals surface area contributed by atoms with E-state index >= 15 is 0 Å². The van der Waals surface area contributed by atoms with E-state index in [0.717, 1.165) is 10.3 Å². The summed E-state index contributed by atoms with van der Waals surface area (Å²) in [6, 6.07) is 0. The molecule has 2 rings (SSSR count). The molecule has 2 N–H and O–H groups in total. The lowest BCUT2D eigenvalue weighted by Crippen LogP contribution is -2.03. The highest BCUT2D eigenvalue weighted by molar-refractivity contribution is 9.10. The van der Waals surface area contributed by atoms with Crippen LogP contribution in [-0.2, 0) is 7.05 Å². The molecule has 0 saturated carbocycles. The van der Waals surface area contributed by atoms with Gasteiger partial charge in [0.2, 0.25) is 0 Å². The molecule has 0 amide bonds. The van der Waals surface area contributed by atoms with Crippen LogP contribution in [0.15, 0.2) is 16.9 Å². The number of nitrogen functional groups attached to an aromatic ring is 1. The summed E-state index contributed by atoms with van der Waals surface area (Å²) in [5, 5.41) is 11.6. The number of hydrogen-bond donors (Lipinski definition) is 1. The number of halogens is 1. The smallest absolute Gasteiger partial charge is 0.171 e. The molecule has 0 unspecified atom stereocenters.